The fraction of sp³-hybridized carbons (Fsp3) is 0.286. The van der Waals surface area contributed by atoms with E-state index in [0.29, 0.717) is 17.3 Å². The molecule has 1 aromatic carbocycles. The van der Waals surface area contributed by atoms with Gasteiger partial charge in [-0.05, 0) is 53.7 Å². The van der Waals surface area contributed by atoms with Gasteiger partial charge in [0.2, 0.25) is 5.88 Å². The van der Waals surface area contributed by atoms with Crippen LogP contribution < -0.4 is 10.5 Å². The molecule has 2 aromatic rings. The molecule has 3 rings (SSSR count). The van der Waals surface area contributed by atoms with Crippen molar-refractivity contribution >= 4 is 21.6 Å². The average molecular weight is 320 g/mol. The topological polar surface area (TPSA) is 61.0 Å². The summed E-state index contributed by atoms with van der Waals surface area (Å²) in [6, 6.07) is 5.56. The third-order valence-corrected chi connectivity index (χ3v) is 4.13. The van der Waals surface area contributed by atoms with Gasteiger partial charge in [-0.1, -0.05) is 6.07 Å². The van der Waals surface area contributed by atoms with Gasteiger partial charge in [-0.15, -0.1) is 0 Å². The quantitative estimate of drug-likeness (QED) is 0.861. The summed E-state index contributed by atoms with van der Waals surface area (Å²) in [7, 11) is 0. The Kier molecular flexibility index (Phi) is 3.38. The van der Waals surface area contributed by atoms with Gasteiger partial charge in [0.15, 0.2) is 0 Å². The normalized spacial score (nSPS) is 13.9. The summed E-state index contributed by atoms with van der Waals surface area (Å²) in [5, 5.41) is 0. The zero-order chi connectivity index (χ0) is 13.2. The fourth-order valence-electron chi connectivity index (χ4n) is 2.29. The summed E-state index contributed by atoms with van der Waals surface area (Å²) in [6.45, 7) is 0. The van der Waals surface area contributed by atoms with Gasteiger partial charge in [-0.3, -0.25) is 0 Å². The van der Waals surface area contributed by atoms with Crippen LogP contribution >= 0.6 is 15.9 Å². The third kappa shape index (κ3) is 2.42. The monoisotopic (exact) mass is 319 g/mol. The van der Waals surface area contributed by atoms with E-state index < -0.39 is 0 Å². The molecule has 1 aliphatic carbocycles. The predicted molar refractivity (Wildman–Crippen MR) is 77.3 cm³/mol. The minimum atomic E-state index is 0.649. The maximum Gasteiger partial charge on any atom is 0.225 e. The summed E-state index contributed by atoms with van der Waals surface area (Å²) in [6.07, 6.45) is 5.90. The van der Waals surface area contributed by atoms with E-state index in [1.807, 2.05) is 18.2 Å². The number of benzene rings is 1. The number of aryl methyl sites for hydroxylation is 1. The van der Waals surface area contributed by atoms with E-state index in [0.717, 1.165) is 35.0 Å². The second kappa shape index (κ2) is 5.17. The number of nitrogen functional groups attached to an aromatic ring is 1. The molecular weight excluding hydrogens is 306 g/mol. The van der Waals surface area contributed by atoms with Crippen molar-refractivity contribution in [3.63, 3.8) is 0 Å². The first-order chi connectivity index (χ1) is 9.25. The molecule has 1 aliphatic rings. The van der Waals surface area contributed by atoms with Crippen molar-refractivity contribution in [3.05, 3.63) is 40.3 Å². The highest BCUT2D eigenvalue weighted by Crippen LogP contribution is 2.35. The van der Waals surface area contributed by atoms with Gasteiger partial charge in [0, 0.05) is 11.3 Å². The van der Waals surface area contributed by atoms with Crippen molar-refractivity contribution in [2.75, 3.05) is 5.73 Å². The Balaban J connectivity index is 1.97. The van der Waals surface area contributed by atoms with Crippen LogP contribution in [0.3, 0.4) is 0 Å². The molecule has 2 N–H and O–H groups in total. The zero-order valence-corrected chi connectivity index (χ0v) is 12.0. The van der Waals surface area contributed by atoms with Crippen LogP contribution in [0.2, 0.25) is 0 Å². The summed E-state index contributed by atoms with van der Waals surface area (Å²) in [4.78, 5) is 8.60. The van der Waals surface area contributed by atoms with Crippen molar-refractivity contribution in [1.82, 2.24) is 9.97 Å². The summed E-state index contributed by atoms with van der Waals surface area (Å²) < 4.78 is 6.67. The molecule has 0 spiro atoms. The van der Waals surface area contributed by atoms with E-state index in [9.17, 15) is 0 Å². The Bertz CT molecular complexity index is 616. The largest absolute Gasteiger partial charge is 0.437 e. The van der Waals surface area contributed by atoms with E-state index in [2.05, 4.69) is 25.9 Å². The highest BCUT2D eigenvalue weighted by molar-refractivity contribution is 9.10. The van der Waals surface area contributed by atoms with Crippen LogP contribution in [0.5, 0.6) is 11.6 Å². The molecule has 0 saturated heterocycles. The number of rotatable bonds is 2. The van der Waals surface area contributed by atoms with Crippen molar-refractivity contribution < 1.29 is 4.74 Å². The molecule has 1 heterocycles. The maximum atomic E-state index is 5.91. The summed E-state index contributed by atoms with van der Waals surface area (Å²) in [5.74, 6) is 1.34. The summed E-state index contributed by atoms with van der Waals surface area (Å²) >= 11 is 3.44. The number of nitrogens with two attached hydrogens (primary N) is 1. The first-order valence-electron chi connectivity index (χ1n) is 6.30. The first-order valence-corrected chi connectivity index (χ1v) is 7.09. The van der Waals surface area contributed by atoms with Gasteiger partial charge in [-0.25, -0.2) is 9.97 Å². The lowest BCUT2D eigenvalue weighted by Crippen LogP contribution is -2.08. The molecule has 0 bridgehead atoms. The number of hydrogen-bond donors (Lipinski definition) is 1. The lowest BCUT2D eigenvalue weighted by molar-refractivity contribution is 0.444. The molecule has 19 heavy (non-hydrogen) atoms. The van der Waals surface area contributed by atoms with Crippen LogP contribution in [-0.4, -0.2) is 9.97 Å². The lowest BCUT2D eigenvalue weighted by Gasteiger charge is -2.17. The van der Waals surface area contributed by atoms with Gasteiger partial charge in [-0.2, -0.15) is 0 Å². The van der Waals surface area contributed by atoms with E-state index in [1.165, 1.54) is 6.42 Å². The molecule has 5 heteroatoms. The van der Waals surface area contributed by atoms with Crippen LogP contribution in [0.4, 0.5) is 5.69 Å². The second-order valence-corrected chi connectivity index (χ2v) is 5.37. The van der Waals surface area contributed by atoms with Crippen molar-refractivity contribution in [2.45, 2.75) is 25.7 Å². The molecule has 98 valence electrons. The van der Waals surface area contributed by atoms with E-state index in [-0.39, 0.29) is 0 Å². The number of hydrogen-bond acceptors (Lipinski definition) is 4. The van der Waals surface area contributed by atoms with Gasteiger partial charge in [0.05, 0.1) is 10.2 Å². The Morgan fingerprint density at radius 3 is 2.89 bits per heavy atom. The number of nitrogens with zero attached hydrogens (tertiary/aromatic N) is 2. The highest BCUT2D eigenvalue weighted by atomic mass is 79.9. The molecule has 0 fully saturated rings. The average Bonchev–Trinajstić information content (AvgIpc) is 2.44. The lowest BCUT2D eigenvalue weighted by atomic mass is 9.97. The molecule has 0 amide bonds. The van der Waals surface area contributed by atoms with Crippen molar-refractivity contribution in [3.8, 4) is 11.6 Å². The Labute approximate surface area is 120 Å². The molecule has 1 aromatic heterocycles. The van der Waals surface area contributed by atoms with Crippen molar-refractivity contribution in [2.24, 2.45) is 0 Å². The Morgan fingerprint density at radius 1 is 1.16 bits per heavy atom. The van der Waals surface area contributed by atoms with Gasteiger partial charge < -0.3 is 10.5 Å². The third-order valence-electron chi connectivity index (χ3n) is 3.29. The standard InChI is InChI=1S/C14H14BrN3O/c15-13-10(16)5-3-7-12(13)19-14-9-4-1-2-6-11(9)17-8-18-14/h3,5,7-8H,1-2,4,6,16H2. The first kappa shape index (κ1) is 12.4. The SMILES string of the molecule is Nc1cccc(Oc2ncnc3c2CCCC3)c1Br. The number of halogens is 1. The smallest absolute Gasteiger partial charge is 0.225 e. The molecule has 4 nitrogen and oxygen atoms in total. The molecular formula is C14H14BrN3O. The van der Waals surface area contributed by atoms with Crippen LogP contribution in [-0.2, 0) is 12.8 Å². The van der Waals surface area contributed by atoms with Gasteiger partial charge in [0.1, 0.15) is 12.1 Å². The highest BCUT2D eigenvalue weighted by Gasteiger charge is 2.17. The second-order valence-electron chi connectivity index (χ2n) is 4.57. The summed E-state index contributed by atoms with van der Waals surface area (Å²) in [5.41, 5.74) is 8.74. The van der Waals surface area contributed by atoms with E-state index in [4.69, 9.17) is 10.5 Å². The zero-order valence-electron chi connectivity index (χ0n) is 10.4. The van der Waals surface area contributed by atoms with Crippen molar-refractivity contribution in [1.29, 1.82) is 0 Å². The minimum Gasteiger partial charge on any atom is -0.437 e. The Hall–Kier alpha value is -1.62. The minimum absolute atomic E-state index is 0.649. The number of anilines is 1. The molecule has 0 radical (unpaired) electrons. The van der Waals surface area contributed by atoms with Crippen LogP contribution in [0.1, 0.15) is 24.1 Å². The van der Waals surface area contributed by atoms with Crippen LogP contribution in [0.15, 0.2) is 29.0 Å². The molecule has 0 atom stereocenters. The number of fused-ring (bicyclic) bond motifs is 1. The van der Waals surface area contributed by atoms with Gasteiger partial charge in [0.25, 0.3) is 0 Å². The van der Waals surface area contributed by atoms with Crippen LogP contribution in [0, 0.1) is 0 Å². The predicted octanol–water partition coefficient (Wildman–Crippen LogP) is 3.49. The van der Waals surface area contributed by atoms with Gasteiger partial charge >= 0.3 is 0 Å². The van der Waals surface area contributed by atoms with Crippen LogP contribution in [0.25, 0.3) is 0 Å². The Morgan fingerprint density at radius 2 is 2.00 bits per heavy atom. The molecule has 0 unspecified atom stereocenters. The fourth-order valence-corrected chi connectivity index (χ4v) is 2.64. The van der Waals surface area contributed by atoms with E-state index in [1.54, 1.807) is 6.33 Å². The maximum absolute atomic E-state index is 5.91. The number of aromatic nitrogens is 2. The molecule has 0 aliphatic heterocycles. The molecule has 0 saturated carbocycles. The van der Waals surface area contributed by atoms with E-state index >= 15 is 0 Å². The number of ether oxygens (including phenoxy) is 1.